The van der Waals surface area contributed by atoms with Crippen LogP contribution in [0.4, 0.5) is 5.82 Å². The Bertz CT molecular complexity index is 756. The Morgan fingerprint density at radius 1 is 0.950 bits per heavy atom. The van der Waals surface area contributed by atoms with Gasteiger partial charge in [-0.25, -0.2) is 4.98 Å². The van der Waals surface area contributed by atoms with Gasteiger partial charge in [-0.3, -0.25) is 5.43 Å². The van der Waals surface area contributed by atoms with Crippen LogP contribution in [0.2, 0.25) is 5.28 Å². The van der Waals surface area contributed by atoms with E-state index in [0.717, 1.165) is 16.5 Å². The third kappa shape index (κ3) is 2.75. The maximum Gasteiger partial charge on any atom is 0.224 e. The number of nitrogens with one attached hydrogen (secondary N) is 1. The zero-order chi connectivity index (χ0) is 13.8. The number of fused-ring (bicyclic) bond motifs is 1. The molecule has 0 saturated carbocycles. The number of hydrazone groups is 1. The van der Waals surface area contributed by atoms with E-state index in [-0.39, 0.29) is 5.28 Å². The molecule has 0 aliphatic rings. The Morgan fingerprint density at radius 2 is 1.70 bits per heavy atom. The second-order valence-electron chi connectivity index (χ2n) is 4.14. The van der Waals surface area contributed by atoms with E-state index >= 15 is 0 Å². The van der Waals surface area contributed by atoms with Crippen molar-refractivity contribution in [1.82, 2.24) is 9.97 Å². The lowest BCUT2D eigenvalue weighted by atomic mass is 10.2. The summed E-state index contributed by atoms with van der Waals surface area (Å²) in [6, 6.07) is 17.4. The Morgan fingerprint density at radius 3 is 2.55 bits per heavy atom. The molecule has 0 amide bonds. The van der Waals surface area contributed by atoms with Gasteiger partial charge in [0, 0.05) is 5.39 Å². The second-order valence-corrected chi connectivity index (χ2v) is 4.48. The molecule has 3 rings (SSSR count). The van der Waals surface area contributed by atoms with Gasteiger partial charge >= 0.3 is 0 Å². The van der Waals surface area contributed by atoms with Crippen LogP contribution in [0, 0.1) is 0 Å². The maximum absolute atomic E-state index is 5.91. The molecule has 2 aromatic carbocycles. The average molecular weight is 283 g/mol. The SMILES string of the molecule is Clc1nc(N/N=C\c2ccccc2)c2ccccc2n1. The Hall–Kier alpha value is -2.46. The van der Waals surface area contributed by atoms with Crippen molar-refractivity contribution in [3.05, 3.63) is 65.4 Å². The number of nitrogens with zero attached hydrogens (tertiary/aromatic N) is 3. The lowest BCUT2D eigenvalue weighted by Crippen LogP contribution is -1.97. The van der Waals surface area contributed by atoms with Gasteiger partial charge in [-0.2, -0.15) is 10.1 Å². The first-order valence-corrected chi connectivity index (χ1v) is 6.47. The van der Waals surface area contributed by atoms with E-state index in [9.17, 15) is 0 Å². The number of para-hydroxylation sites is 1. The molecule has 0 radical (unpaired) electrons. The summed E-state index contributed by atoms with van der Waals surface area (Å²) in [6.07, 6.45) is 1.73. The monoisotopic (exact) mass is 282 g/mol. The lowest BCUT2D eigenvalue weighted by Gasteiger charge is -2.04. The summed E-state index contributed by atoms with van der Waals surface area (Å²) >= 11 is 5.91. The van der Waals surface area contributed by atoms with Crippen LogP contribution < -0.4 is 5.43 Å². The fourth-order valence-electron chi connectivity index (χ4n) is 1.84. The predicted octanol–water partition coefficient (Wildman–Crippen LogP) is 3.73. The summed E-state index contributed by atoms with van der Waals surface area (Å²) in [5.74, 6) is 0.591. The highest BCUT2D eigenvalue weighted by atomic mass is 35.5. The van der Waals surface area contributed by atoms with E-state index in [2.05, 4.69) is 20.5 Å². The van der Waals surface area contributed by atoms with Gasteiger partial charge < -0.3 is 0 Å². The first-order valence-electron chi connectivity index (χ1n) is 6.09. The van der Waals surface area contributed by atoms with Crippen LogP contribution in [0.15, 0.2) is 59.7 Å². The van der Waals surface area contributed by atoms with Crippen molar-refractivity contribution in [1.29, 1.82) is 0 Å². The molecule has 5 heteroatoms. The molecule has 1 heterocycles. The van der Waals surface area contributed by atoms with Crippen LogP contribution in [0.3, 0.4) is 0 Å². The van der Waals surface area contributed by atoms with Crippen molar-refractivity contribution in [2.75, 3.05) is 5.43 Å². The molecular formula is C15H11ClN4. The molecule has 98 valence electrons. The summed E-state index contributed by atoms with van der Waals surface area (Å²) in [4.78, 5) is 8.33. The fourth-order valence-corrected chi connectivity index (χ4v) is 2.02. The van der Waals surface area contributed by atoms with Gasteiger partial charge in [-0.15, -0.1) is 0 Å². The standard InChI is InChI=1S/C15H11ClN4/c16-15-18-13-9-5-4-8-12(13)14(19-15)20-17-10-11-6-2-1-3-7-11/h1-10H,(H,18,19,20)/b17-10-. The third-order valence-electron chi connectivity index (χ3n) is 2.76. The number of anilines is 1. The molecule has 0 fully saturated rings. The molecule has 0 bridgehead atoms. The van der Waals surface area contributed by atoms with Gasteiger partial charge in [0.2, 0.25) is 5.28 Å². The van der Waals surface area contributed by atoms with Crippen LogP contribution in [0.1, 0.15) is 5.56 Å². The summed E-state index contributed by atoms with van der Waals surface area (Å²) < 4.78 is 0. The van der Waals surface area contributed by atoms with Gasteiger partial charge in [-0.1, -0.05) is 42.5 Å². The number of aromatic nitrogens is 2. The minimum atomic E-state index is 0.195. The summed E-state index contributed by atoms with van der Waals surface area (Å²) in [6.45, 7) is 0. The van der Waals surface area contributed by atoms with Crippen molar-refractivity contribution >= 4 is 34.5 Å². The molecule has 0 unspecified atom stereocenters. The average Bonchev–Trinajstić information content (AvgIpc) is 2.48. The van der Waals surface area contributed by atoms with E-state index in [1.165, 1.54) is 0 Å². The van der Waals surface area contributed by atoms with E-state index in [1.807, 2.05) is 54.6 Å². The molecule has 1 N–H and O–H groups in total. The van der Waals surface area contributed by atoms with E-state index < -0.39 is 0 Å². The predicted molar refractivity (Wildman–Crippen MR) is 82.2 cm³/mol. The zero-order valence-electron chi connectivity index (χ0n) is 10.5. The van der Waals surface area contributed by atoms with Crippen LogP contribution >= 0.6 is 11.6 Å². The van der Waals surface area contributed by atoms with Gasteiger partial charge in [0.15, 0.2) is 5.82 Å². The van der Waals surface area contributed by atoms with Gasteiger partial charge in [0.05, 0.1) is 11.7 Å². The molecule has 1 aromatic heterocycles. The Kier molecular flexibility index (Phi) is 3.56. The van der Waals surface area contributed by atoms with E-state index in [1.54, 1.807) is 6.21 Å². The van der Waals surface area contributed by atoms with Crippen LogP contribution in [-0.4, -0.2) is 16.2 Å². The third-order valence-corrected chi connectivity index (χ3v) is 2.93. The first-order chi connectivity index (χ1) is 9.83. The molecular weight excluding hydrogens is 272 g/mol. The maximum atomic E-state index is 5.91. The minimum absolute atomic E-state index is 0.195. The summed E-state index contributed by atoms with van der Waals surface area (Å²) in [5.41, 5.74) is 4.70. The molecule has 0 aliphatic carbocycles. The van der Waals surface area contributed by atoms with Crippen molar-refractivity contribution in [2.45, 2.75) is 0 Å². The fraction of sp³-hybridized carbons (Fsp3) is 0. The first kappa shape index (κ1) is 12.6. The summed E-state index contributed by atoms with van der Waals surface area (Å²) in [5, 5.41) is 5.25. The quantitative estimate of drug-likeness (QED) is 0.452. The lowest BCUT2D eigenvalue weighted by molar-refractivity contribution is 1.18. The molecule has 3 aromatic rings. The van der Waals surface area contributed by atoms with E-state index in [4.69, 9.17) is 11.6 Å². The number of rotatable bonds is 3. The highest BCUT2D eigenvalue weighted by Crippen LogP contribution is 2.21. The molecule has 0 atom stereocenters. The van der Waals surface area contributed by atoms with Crippen molar-refractivity contribution in [3.63, 3.8) is 0 Å². The van der Waals surface area contributed by atoms with Crippen molar-refractivity contribution < 1.29 is 0 Å². The zero-order valence-corrected chi connectivity index (χ0v) is 11.2. The van der Waals surface area contributed by atoms with Crippen molar-refractivity contribution in [2.24, 2.45) is 5.10 Å². The molecule has 4 nitrogen and oxygen atoms in total. The second kappa shape index (κ2) is 5.67. The number of hydrogen-bond acceptors (Lipinski definition) is 4. The van der Waals surface area contributed by atoms with Crippen LogP contribution in [0.5, 0.6) is 0 Å². The Balaban J connectivity index is 1.89. The largest absolute Gasteiger partial charge is 0.261 e. The number of benzene rings is 2. The van der Waals surface area contributed by atoms with Crippen molar-refractivity contribution in [3.8, 4) is 0 Å². The van der Waals surface area contributed by atoms with Gasteiger partial charge in [0.1, 0.15) is 0 Å². The topological polar surface area (TPSA) is 50.2 Å². The Labute approximate surface area is 121 Å². The summed E-state index contributed by atoms with van der Waals surface area (Å²) in [7, 11) is 0. The smallest absolute Gasteiger partial charge is 0.224 e. The number of halogens is 1. The normalized spacial score (nSPS) is 11.1. The van der Waals surface area contributed by atoms with Gasteiger partial charge in [0.25, 0.3) is 0 Å². The van der Waals surface area contributed by atoms with Crippen LogP contribution in [-0.2, 0) is 0 Å². The molecule has 0 spiro atoms. The minimum Gasteiger partial charge on any atom is -0.261 e. The highest BCUT2D eigenvalue weighted by Gasteiger charge is 2.04. The van der Waals surface area contributed by atoms with Gasteiger partial charge in [-0.05, 0) is 29.3 Å². The van der Waals surface area contributed by atoms with Crippen LogP contribution in [0.25, 0.3) is 10.9 Å². The van der Waals surface area contributed by atoms with E-state index in [0.29, 0.717) is 5.82 Å². The molecule has 0 aliphatic heterocycles. The number of hydrogen-bond donors (Lipinski definition) is 1. The molecule has 0 saturated heterocycles. The highest BCUT2D eigenvalue weighted by molar-refractivity contribution is 6.28. The molecule has 20 heavy (non-hydrogen) atoms.